The van der Waals surface area contributed by atoms with E-state index in [0.717, 1.165) is 39.2 Å². The number of aromatic nitrogens is 4. The Hall–Kier alpha value is -3.81. The first-order valence-corrected chi connectivity index (χ1v) is 10.6. The molecule has 0 bridgehead atoms. The van der Waals surface area contributed by atoms with Gasteiger partial charge in [0, 0.05) is 17.5 Å². The second kappa shape index (κ2) is 7.71. The molecular formula is C24H25N5O3. The van der Waals surface area contributed by atoms with E-state index in [-0.39, 0.29) is 17.9 Å². The number of amides is 1. The summed E-state index contributed by atoms with van der Waals surface area (Å²) >= 11 is 0. The van der Waals surface area contributed by atoms with E-state index in [1.807, 2.05) is 36.4 Å². The zero-order chi connectivity index (χ0) is 22.4. The molecule has 8 heteroatoms. The van der Waals surface area contributed by atoms with Gasteiger partial charge in [0.05, 0.1) is 37.0 Å². The molecule has 3 N–H and O–H groups in total. The Kier molecular flexibility index (Phi) is 4.84. The fourth-order valence-electron chi connectivity index (χ4n) is 4.31. The summed E-state index contributed by atoms with van der Waals surface area (Å²) in [5, 5.41) is 10.5. The van der Waals surface area contributed by atoms with Crippen LogP contribution in [0, 0.1) is 5.92 Å². The monoisotopic (exact) mass is 431 g/mol. The van der Waals surface area contributed by atoms with Crippen LogP contribution in [0.1, 0.15) is 47.3 Å². The zero-order valence-electron chi connectivity index (χ0n) is 18.4. The highest BCUT2D eigenvalue weighted by atomic mass is 16.5. The molecule has 32 heavy (non-hydrogen) atoms. The van der Waals surface area contributed by atoms with Crippen molar-refractivity contribution in [3.05, 3.63) is 59.0 Å². The number of benzene rings is 2. The smallest absolute Gasteiger partial charge is 0.270 e. The zero-order valence-corrected chi connectivity index (χ0v) is 18.4. The van der Waals surface area contributed by atoms with Crippen molar-refractivity contribution in [2.45, 2.75) is 26.3 Å². The van der Waals surface area contributed by atoms with Crippen molar-refractivity contribution in [2.75, 3.05) is 14.2 Å². The lowest BCUT2D eigenvalue weighted by Gasteiger charge is -2.20. The number of rotatable bonds is 6. The molecule has 0 spiro atoms. The van der Waals surface area contributed by atoms with Crippen LogP contribution in [0.3, 0.4) is 0 Å². The molecule has 8 nitrogen and oxygen atoms in total. The SMILES string of the molecule is COc1cc2c(cc1OC)-c1n[nH]c(C(=O)N[C@@H](c3nc4ccccc4[nH]3)C(C)C)c1C2. The van der Waals surface area contributed by atoms with Gasteiger partial charge in [0.1, 0.15) is 11.5 Å². The lowest BCUT2D eigenvalue weighted by atomic mass is 10.0. The molecule has 1 atom stereocenters. The summed E-state index contributed by atoms with van der Waals surface area (Å²) in [6.07, 6.45) is 0.598. The molecule has 0 aliphatic heterocycles. The highest BCUT2D eigenvalue weighted by molar-refractivity contribution is 5.97. The number of H-pyrrole nitrogens is 2. The van der Waals surface area contributed by atoms with Gasteiger partial charge in [-0.3, -0.25) is 9.89 Å². The van der Waals surface area contributed by atoms with Gasteiger partial charge in [-0.2, -0.15) is 5.10 Å². The molecule has 4 aromatic rings. The summed E-state index contributed by atoms with van der Waals surface area (Å²) in [5.41, 5.74) is 5.95. The molecule has 0 radical (unpaired) electrons. The summed E-state index contributed by atoms with van der Waals surface area (Å²) in [4.78, 5) is 21.3. The number of carbonyl (C=O) groups is 1. The Morgan fingerprint density at radius 3 is 2.59 bits per heavy atom. The number of nitrogens with one attached hydrogen (secondary N) is 3. The van der Waals surface area contributed by atoms with E-state index in [1.165, 1.54) is 0 Å². The van der Waals surface area contributed by atoms with E-state index in [0.29, 0.717) is 23.6 Å². The summed E-state index contributed by atoms with van der Waals surface area (Å²) in [6.45, 7) is 4.12. The van der Waals surface area contributed by atoms with E-state index in [9.17, 15) is 4.79 Å². The number of nitrogens with zero attached hydrogens (tertiary/aromatic N) is 2. The number of hydrogen-bond donors (Lipinski definition) is 3. The maximum Gasteiger partial charge on any atom is 0.270 e. The minimum Gasteiger partial charge on any atom is -0.493 e. The van der Waals surface area contributed by atoms with E-state index >= 15 is 0 Å². The van der Waals surface area contributed by atoms with Gasteiger partial charge in [-0.1, -0.05) is 26.0 Å². The van der Waals surface area contributed by atoms with Crippen LogP contribution in [0.4, 0.5) is 0 Å². The largest absolute Gasteiger partial charge is 0.493 e. The van der Waals surface area contributed by atoms with Crippen molar-refractivity contribution >= 4 is 16.9 Å². The topological polar surface area (TPSA) is 105 Å². The molecule has 1 aliphatic rings. The van der Waals surface area contributed by atoms with Crippen LogP contribution >= 0.6 is 0 Å². The van der Waals surface area contributed by atoms with E-state index in [1.54, 1.807) is 14.2 Å². The highest BCUT2D eigenvalue weighted by Crippen LogP contribution is 2.42. The molecule has 2 aromatic carbocycles. The number of hydrogen-bond acceptors (Lipinski definition) is 5. The molecule has 1 amide bonds. The first kappa shape index (κ1) is 20.1. The molecule has 0 unspecified atom stereocenters. The van der Waals surface area contributed by atoms with Crippen LogP contribution in [-0.2, 0) is 6.42 Å². The van der Waals surface area contributed by atoms with E-state index in [2.05, 4.69) is 39.3 Å². The number of para-hydroxylation sites is 2. The summed E-state index contributed by atoms with van der Waals surface area (Å²) in [5.74, 6) is 1.98. The molecule has 5 rings (SSSR count). The Morgan fingerprint density at radius 1 is 1.12 bits per heavy atom. The molecule has 2 heterocycles. The molecule has 0 fully saturated rings. The highest BCUT2D eigenvalue weighted by Gasteiger charge is 2.31. The first-order valence-electron chi connectivity index (χ1n) is 10.6. The van der Waals surface area contributed by atoms with Crippen molar-refractivity contribution in [3.8, 4) is 22.8 Å². The van der Waals surface area contributed by atoms with Gasteiger partial charge >= 0.3 is 0 Å². The lowest BCUT2D eigenvalue weighted by Crippen LogP contribution is -2.33. The van der Waals surface area contributed by atoms with Gasteiger partial charge in [-0.05, 0) is 35.7 Å². The maximum absolute atomic E-state index is 13.3. The van der Waals surface area contributed by atoms with E-state index < -0.39 is 0 Å². The molecule has 0 saturated heterocycles. The number of imidazole rings is 1. The van der Waals surface area contributed by atoms with Crippen LogP contribution in [0.15, 0.2) is 36.4 Å². The van der Waals surface area contributed by atoms with Crippen LogP contribution in [0.25, 0.3) is 22.3 Å². The normalized spacial score (nSPS) is 13.2. The molecule has 1 aliphatic carbocycles. The fraction of sp³-hybridized carbons (Fsp3) is 0.292. The number of carbonyl (C=O) groups excluding carboxylic acids is 1. The lowest BCUT2D eigenvalue weighted by molar-refractivity contribution is 0.0917. The predicted octanol–water partition coefficient (Wildman–Crippen LogP) is 4.00. The Bertz CT molecular complexity index is 1290. The maximum atomic E-state index is 13.3. The minimum absolute atomic E-state index is 0.140. The summed E-state index contributed by atoms with van der Waals surface area (Å²) in [6, 6.07) is 11.4. The average molecular weight is 431 g/mol. The van der Waals surface area contributed by atoms with E-state index in [4.69, 9.17) is 9.47 Å². The standard InChI is InChI=1S/C24H25N5O3/c1-12(2)20(23-25-16-7-5-6-8-17(16)26-23)27-24(30)22-15-9-13-10-18(31-3)19(32-4)11-14(13)21(15)28-29-22/h5-8,10-12,20H,9H2,1-4H3,(H,25,26)(H,27,30)(H,28,29)/t20-/m1/s1. The van der Waals surface area contributed by atoms with Gasteiger partial charge in [-0.25, -0.2) is 4.98 Å². The Morgan fingerprint density at radius 2 is 1.88 bits per heavy atom. The quantitative estimate of drug-likeness (QED) is 0.377. The average Bonchev–Trinajstić information content (AvgIpc) is 3.48. The molecule has 0 saturated carbocycles. The Labute approximate surface area is 185 Å². The number of aromatic amines is 2. The molecule has 2 aromatic heterocycles. The Balaban J connectivity index is 1.45. The third-order valence-corrected chi connectivity index (χ3v) is 5.98. The number of methoxy groups -OCH3 is 2. The third-order valence-electron chi connectivity index (χ3n) is 5.98. The van der Waals surface area contributed by atoms with Crippen molar-refractivity contribution in [1.29, 1.82) is 0 Å². The van der Waals surface area contributed by atoms with Crippen molar-refractivity contribution in [2.24, 2.45) is 5.92 Å². The minimum atomic E-state index is -0.266. The van der Waals surface area contributed by atoms with Gasteiger partial charge in [0.2, 0.25) is 0 Å². The van der Waals surface area contributed by atoms with Gasteiger partial charge in [0.15, 0.2) is 11.5 Å². The number of fused-ring (bicyclic) bond motifs is 4. The fourth-order valence-corrected chi connectivity index (χ4v) is 4.31. The van der Waals surface area contributed by atoms with Crippen LogP contribution in [0.5, 0.6) is 11.5 Å². The van der Waals surface area contributed by atoms with Crippen molar-refractivity contribution < 1.29 is 14.3 Å². The summed E-state index contributed by atoms with van der Waals surface area (Å²) in [7, 11) is 3.22. The second-order valence-electron chi connectivity index (χ2n) is 8.30. The molecule has 164 valence electrons. The molecular weight excluding hydrogens is 406 g/mol. The van der Waals surface area contributed by atoms with Gasteiger partial charge in [-0.15, -0.1) is 0 Å². The van der Waals surface area contributed by atoms with Gasteiger partial charge < -0.3 is 19.8 Å². The number of ether oxygens (including phenoxy) is 2. The summed E-state index contributed by atoms with van der Waals surface area (Å²) < 4.78 is 10.9. The third kappa shape index (κ3) is 3.19. The van der Waals surface area contributed by atoms with Crippen LogP contribution in [-0.4, -0.2) is 40.3 Å². The van der Waals surface area contributed by atoms with Crippen molar-refractivity contribution in [1.82, 2.24) is 25.5 Å². The van der Waals surface area contributed by atoms with Crippen molar-refractivity contribution in [3.63, 3.8) is 0 Å². The second-order valence-corrected chi connectivity index (χ2v) is 8.30. The first-order chi connectivity index (χ1) is 15.5. The van der Waals surface area contributed by atoms with Crippen LogP contribution in [0.2, 0.25) is 0 Å². The van der Waals surface area contributed by atoms with Crippen LogP contribution < -0.4 is 14.8 Å². The van der Waals surface area contributed by atoms with Gasteiger partial charge in [0.25, 0.3) is 5.91 Å². The predicted molar refractivity (Wildman–Crippen MR) is 121 cm³/mol.